The second kappa shape index (κ2) is 12.0. The van der Waals surface area contributed by atoms with Gasteiger partial charge in [0.15, 0.2) is 0 Å². The maximum Gasteiger partial charge on any atom is 0.451 e. The third-order valence-corrected chi connectivity index (χ3v) is 10.4. The highest BCUT2D eigenvalue weighted by molar-refractivity contribution is 5.92. The highest BCUT2D eigenvalue weighted by atomic mass is 19.4. The number of carbonyl (C=O) groups excluding carboxylic acids is 1. The summed E-state index contributed by atoms with van der Waals surface area (Å²) in [5, 5.41) is 18.2. The Morgan fingerprint density at radius 3 is 2.64 bits per heavy atom. The van der Waals surface area contributed by atoms with Gasteiger partial charge in [-0.3, -0.25) is 14.4 Å². The van der Waals surface area contributed by atoms with Gasteiger partial charge in [0.05, 0.1) is 29.2 Å². The van der Waals surface area contributed by atoms with Crippen LogP contribution < -0.4 is 5.32 Å². The molecule has 4 aromatic heterocycles. The molecule has 3 aliphatic rings. The van der Waals surface area contributed by atoms with Crippen molar-refractivity contribution in [3.05, 3.63) is 54.3 Å². The molecule has 0 spiro atoms. The zero-order valence-electron chi connectivity index (χ0n) is 26.1. The number of halogens is 3. The first kappa shape index (κ1) is 31.2. The molecule has 0 bridgehead atoms. The summed E-state index contributed by atoms with van der Waals surface area (Å²) in [6, 6.07) is 6.04. The van der Waals surface area contributed by atoms with Gasteiger partial charge < -0.3 is 15.2 Å². The quantitative estimate of drug-likeness (QED) is 0.274. The van der Waals surface area contributed by atoms with Crippen molar-refractivity contribution in [2.24, 2.45) is 5.41 Å². The molecule has 1 amide bonds. The number of H-pyrrole nitrogens is 1. The second-order valence-electron chi connectivity index (χ2n) is 13.1. The zero-order chi connectivity index (χ0) is 32.8. The lowest BCUT2D eigenvalue weighted by Crippen LogP contribution is -2.58. The van der Waals surface area contributed by atoms with Crippen molar-refractivity contribution in [1.82, 2.24) is 49.8 Å². The first-order valence-electron chi connectivity index (χ1n) is 16.0. The molecular weight excluding hydrogens is 611 g/mol. The largest absolute Gasteiger partial charge is 0.451 e. The number of hydrogen-bond donors (Lipinski definition) is 2. The molecule has 246 valence electrons. The van der Waals surface area contributed by atoms with Crippen LogP contribution in [0.5, 0.6) is 0 Å². The zero-order valence-corrected chi connectivity index (χ0v) is 26.1. The fraction of sp³-hybridized carbons (Fsp3) is 0.531. The van der Waals surface area contributed by atoms with E-state index in [2.05, 4.69) is 46.3 Å². The minimum atomic E-state index is -4.76. The van der Waals surface area contributed by atoms with Gasteiger partial charge in [-0.05, 0) is 63.1 Å². The van der Waals surface area contributed by atoms with Crippen molar-refractivity contribution in [1.29, 1.82) is 5.26 Å². The Balaban J connectivity index is 0.961. The average Bonchev–Trinajstić information content (AvgIpc) is 3.71. The molecule has 0 atom stereocenters. The Morgan fingerprint density at radius 1 is 1.17 bits per heavy atom. The van der Waals surface area contributed by atoms with E-state index < -0.39 is 23.4 Å². The summed E-state index contributed by atoms with van der Waals surface area (Å²) in [7, 11) is 1.70. The molecule has 12 nitrogen and oxygen atoms in total. The van der Waals surface area contributed by atoms with Crippen molar-refractivity contribution in [2.75, 3.05) is 33.2 Å². The topological polar surface area (TPSA) is 145 Å². The van der Waals surface area contributed by atoms with E-state index >= 15 is 0 Å². The molecule has 0 aromatic carbocycles. The van der Waals surface area contributed by atoms with Gasteiger partial charge in [0, 0.05) is 68.5 Å². The van der Waals surface area contributed by atoms with Crippen LogP contribution in [0.25, 0.3) is 22.3 Å². The Bertz CT molecular complexity index is 1800. The summed E-state index contributed by atoms with van der Waals surface area (Å²) < 4.78 is 43.1. The molecule has 1 saturated heterocycles. The van der Waals surface area contributed by atoms with Crippen LogP contribution in [-0.2, 0) is 18.3 Å². The van der Waals surface area contributed by atoms with Crippen molar-refractivity contribution < 1.29 is 18.0 Å². The number of fused-ring (bicyclic) bond motifs is 1. The van der Waals surface area contributed by atoms with E-state index in [1.54, 1.807) is 18.1 Å². The van der Waals surface area contributed by atoms with Gasteiger partial charge in [0.2, 0.25) is 5.82 Å². The number of alkyl halides is 3. The van der Waals surface area contributed by atoms with Gasteiger partial charge in [0.25, 0.3) is 5.91 Å². The van der Waals surface area contributed by atoms with Crippen LogP contribution in [0.2, 0.25) is 0 Å². The third-order valence-electron chi connectivity index (χ3n) is 10.4. The monoisotopic (exact) mass is 647 g/mol. The van der Waals surface area contributed by atoms with E-state index in [0.29, 0.717) is 52.0 Å². The van der Waals surface area contributed by atoms with Gasteiger partial charge >= 0.3 is 6.18 Å². The summed E-state index contributed by atoms with van der Waals surface area (Å²) in [4.78, 5) is 36.7. The Labute approximate surface area is 269 Å². The molecule has 15 heteroatoms. The number of aromatic nitrogens is 7. The van der Waals surface area contributed by atoms with Crippen LogP contribution in [0.15, 0.2) is 37.1 Å². The van der Waals surface area contributed by atoms with Gasteiger partial charge in [-0.25, -0.2) is 19.9 Å². The Hall–Kier alpha value is -4.42. The third kappa shape index (κ3) is 5.84. The predicted molar refractivity (Wildman–Crippen MR) is 165 cm³/mol. The van der Waals surface area contributed by atoms with Crippen molar-refractivity contribution in [2.45, 2.75) is 69.2 Å². The first-order valence-corrected chi connectivity index (χ1v) is 16.0. The van der Waals surface area contributed by atoms with Crippen LogP contribution in [0.1, 0.15) is 67.0 Å². The molecule has 4 aromatic rings. The predicted octanol–water partition coefficient (Wildman–Crippen LogP) is 4.14. The summed E-state index contributed by atoms with van der Waals surface area (Å²) in [5.74, 6) is -1.78. The number of nitrogens with zero attached hydrogens (tertiary/aromatic N) is 9. The van der Waals surface area contributed by atoms with E-state index in [1.807, 2.05) is 23.1 Å². The van der Waals surface area contributed by atoms with E-state index in [-0.39, 0.29) is 22.8 Å². The summed E-state index contributed by atoms with van der Waals surface area (Å²) in [6.07, 6.45) is 7.58. The number of carbonyl (C=O) groups is 1. The molecule has 0 unspecified atom stereocenters. The molecule has 5 heterocycles. The van der Waals surface area contributed by atoms with Crippen LogP contribution >= 0.6 is 0 Å². The molecule has 3 fully saturated rings. The maximum atomic E-state index is 13.7. The first-order chi connectivity index (χ1) is 22.6. The van der Waals surface area contributed by atoms with Crippen molar-refractivity contribution in [3.8, 4) is 17.3 Å². The van der Waals surface area contributed by atoms with E-state index in [4.69, 9.17) is 0 Å². The lowest BCUT2D eigenvalue weighted by Gasteiger charge is -2.53. The SMILES string of the molecule is CNC1(c2cc(C(=O)N3CCN(C4CC(CC#N)(CCn5cc(-c6ncnc7[nH]ccc67)cn5)C4)CC3)nc(C(F)(F)F)n2)CCC1. The summed E-state index contributed by atoms with van der Waals surface area (Å²) in [6.45, 7) is 2.68. The number of amides is 1. The van der Waals surface area contributed by atoms with Crippen molar-refractivity contribution in [3.63, 3.8) is 0 Å². The minimum absolute atomic E-state index is 0.114. The molecule has 7 rings (SSSR count). The van der Waals surface area contributed by atoms with Crippen LogP contribution in [0.4, 0.5) is 13.2 Å². The molecule has 0 radical (unpaired) electrons. The number of aryl methyl sites for hydroxylation is 1. The minimum Gasteiger partial charge on any atom is -0.346 e. The lowest BCUT2D eigenvalue weighted by molar-refractivity contribution is -0.145. The number of nitrogens with one attached hydrogen (secondary N) is 2. The van der Waals surface area contributed by atoms with Gasteiger partial charge in [-0.1, -0.05) is 0 Å². The van der Waals surface area contributed by atoms with Crippen LogP contribution in [0.3, 0.4) is 0 Å². The van der Waals surface area contributed by atoms with Crippen LogP contribution in [0, 0.1) is 16.7 Å². The van der Waals surface area contributed by atoms with Gasteiger partial charge in [0.1, 0.15) is 17.7 Å². The van der Waals surface area contributed by atoms with Crippen molar-refractivity contribution >= 4 is 16.9 Å². The molecular formula is C32H36F3N11O. The highest BCUT2D eigenvalue weighted by Gasteiger charge is 2.47. The number of aromatic amines is 1. The molecule has 1 aliphatic heterocycles. The maximum absolute atomic E-state index is 13.7. The van der Waals surface area contributed by atoms with E-state index in [9.17, 15) is 23.2 Å². The number of piperazine rings is 1. The summed E-state index contributed by atoms with van der Waals surface area (Å²) in [5.41, 5.74) is 1.72. The lowest BCUT2D eigenvalue weighted by atomic mass is 9.61. The fourth-order valence-corrected chi connectivity index (χ4v) is 7.41. The average molecular weight is 648 g/mol. The molecule has 2 aliphatic carbocycles. The molecule has 2 N–H and O–H groups in total. The van der Waals surface area contributed by atoms with Gasteiger partial charge in [-0.2, -0.15) is 23.5 Å². The fourth-order valence-electron chi connectivity index (χ4n) is 7.41. The number of nitriles is 1. The Morgan fingerprint density at radius 2 is 1.96 bits per heavy atom. The molecule has 47 heavy (non-hydrogen) atoms. The van der Waals surface area contributed by atoms with Crippen LogP contribution in [-0.4, -0.2) is 89.7 Å². The van der Waals surface area contributed by atoms with E-state index in [0.717, 1.165) is 48.0 Å². The normalized spacial score (nSPS) is 22.9. The number of rotatable bonds is 9. The Kier molecular flexibility index (Phi) is 7.96. The standard InChI is InChI=1S/C32H36F3N11O/c1-37-31(4-2-5-31)25-15-24(42-29(43-25)32(33,34)35)28(47)45-13-11-44(12-14-45)22-16-30(17-22,6-8-36)7-10-46-19-21(18-41-46)26-23-3-9-38-27(23)40-20-39-26/h3,9,15,18-20,22,37H,2,4-7,10-14,16-17H2,1H3,(H,38,39,40). The smallest absolute Gasteiger partial charge is 0.346 e. The van der Waals surface area contributed by atoms with Gasteiger partial charge in [-0.15, -0.1) is 0 Å². The number of hydrogen-bond acceptors (Lipinski definition) is 9. The summed E-state index contributed by atoms with van der Waals surface area (Å²) >= 11 is 0. The highest BCUT2D eigenvalue weighted by Crippen LogP contribution is 2.49. The second-order valence-corrected chi connectivity index (χ2v) is 13.1. The van der Waals surface area contributed by atoms with E-state index in [1.165, 1.54) is 12.4 Å². The molecule has 2 saturated carbocycles.